The zero-order chi connectivity index (χ0) is 9.30. The molecule has 0 amide bonds. The molecule has 0 radical (unpaired) electrons. The summed E-state index contributed by atoms with van der Waals surface area (Å²) in [4.78, 5) is 21.5. The molecular weight excluding hydrogens is 160 g/mol. The number of hydrogen-bond donors (Lipinski definition) is 1. The number of ketones is 1. The van der Waals surface area contributed by atoms with Gasteiger partial charge in [-0.1, -0.05) is 0 Å². The van der Waals surface area contributed by atoms with Crippen LogP contribution < -0.4 is 0 Å². The summed E-state index contributed by atoms with van der Waals surface area (Å²) in [7, 11) is 0. The van der Waals surface area contributed by atoms with Gasteiger partial charge in [0, 0.05) is 13.1 Å². The molecule has 0 fully saturated rings. The van der Waals surface area contributed by atoms with Gasteiger partial charge in [0.15, 0.2) is 5.78 Å². The van der Waals surface area contributed by atoms with E-state index in [0.29, 0.717) is 0 Å². The second-order valence-electron chi connectivity index (χ2n) is 2.39. The number of carbonyl (C=O) groups is 2. The monoisotopic (exact) mass is 168 g/mol. The van der Waals surface area contributed by atoms with Gasteiger partial charge in [-0.2, -0.15) is 0 Å². The van der Waals surface area contributed by atoms with Gasteiger partial charge < -0.3 is 5.11 Å². The van der Waals surface area contributed by atoms with E-state index in [1.807, 2.05) is 0 Å². The fourth-order valence-corrected chi connectivity index (χ4v) is 0.774. The van der Waals surface area contributed by atoms with Crippen molar-refractivity contribution in [3.63, 3.8) is 0 Å². The van der Waals surface area contributed by atoms with Gasteiger partial charge in [0.1, 0.15) is 0 Å². The molecule has 0 aromatic carbocycles. The van der Waals surface area contributed by atoms with Crippen LogP contribution in [0.2, 0.25) is 0 Å². The van der Waals surface area contributed by atoms with Crippen LogP contribution >= 0.6 is 0 Å². The van der Waals surface area contributed by atoms with Crippen molar-refractivity contribution in [2.24, 2.45) is 0 Å². The van der Waals surface area contributed by atoms with Gasteiger partial charge in [-0.25, -0.2) is 4.68 Å². The van der Waals surface area contributed by atoms with Crippen molar-refractivity contribution in [3.8, 4) is 5.88 Å². The lowest BCUT2D eigenvalue weighted by atomic mass is 10.2. The standard InChI is InChI=1S/C7H8N2O3/c1-4(10)6-3-9(5(2)11)8-7(6)12/h3H,1-2H3,(H,8,12). The first kappa shape index (κ1) is 8.45. The van der Waals surface area contributed by atoms with Crippen LogP contribution in [0.25, 0.3) is 0 Å². The van der Waals surface area contributed by atoms with E-state index in [2.05, 4.69) is 5.10 Å². The number of nitrogens with zero attached hydrogens (tertiary/aromatic N) is 2. The SMILES string of the molecule is CC(=O)c1cn(C(C)=O)nc1O. The quantitative estimate of drug-likeness (QED) is 0.618. The van der Waals surface area contributed by atoms with Crippen molar-refractivity contribution in [2.45, 2.75) is 13.8 Å². The van der Waals surface area contributed by atoms with Crippen LogP contribution in [0.15, 0.2) is 6.20 Å². The average Bonchev–Trinajstić information content (AvgIpc) is 2.30. The highest BCUT2D eigenvalue weighted by Gasteiger charge is 2.12. The zero-order valence-electron chi connectivity index (χ0n) is 6.74. The number of rotatable bonds is 1. The molecule has 1 aromatic rings. The topological polar surface area (TPSA) is 72.2 Å². The Bertz CT molecular complexity index is 340. The van der Waals surface area contributed by atoms with Gasteiger partial charge >= 0.3 is 0 Å². The molecule has 0 aliphatic rings. The third kappa shape index (κ3) is 1.34. The van der Waals surface area contributed by atoms with Gasteiger partial charge in [-0.15, -0.1) is 5.10 Å². The maximum absolute atomic E-state index is 10.8. The molecule has 0 aliphatic heterocycles. The third-order valence-electron chi connectivity index (χ3n) is 1.40. The van der Waals surface area contributed by atoms with Crippen molar-refractivity contribution >= 4 is 11.7 Å². The minimum absolute atomic E-state index is 0.0604. The molecule has 1 rings (SSSR count). The summed E-state index contributed by atoms with van der Waals surface area (Å²) < 4.78 is 0.923. The number of aromatic hydroxyl groups is 1. The van der Waals surface area contributed by atoms with Crippen molar-refractivity contribution in [1.29, 1.82) is 0 Å². The summed E-state index contributed by atoms with van der Waals surface area (Å²) in [5, 5.41) is 12.5. The van der Waals surface area contributed by atoms with Gasteiger partial charge in [0.2, 0.25) is 11.8 Å². The van der Waals surface area contributed by atoms with Gasteiger partial charge in [-0.05, 0) is 6.92 Å². The van der Waals surface area contributed by atoms with E-state index in [1.165, 1.54) is 20.0 Å². The third-order valence-corrected chi connectivity index (χ3v) is 1.40. The molecule has 64 valence electrons. The fraction of sp³-hybridized carbons (Fsp3) is 0.286. The molecule has 0 aliphatic carbocycles. The van der Waals surface area contributed by atoms with E-state index in [0.717, 1.165) is 4.68 Å². The molecule has 1 aromatic heterocycles. The zero-order valence-corrected chi connectivity index (χ0v) is 6.74. The van der Waals surface area contributed by atoms with E-state index >= 15 is 0 Å². The molecular formula is C7H8N2O3. The van der Waals surface area contributed by atoms with Crippen LogP contribution in [0.3, 0.4) is 0 Å². The van der Waals surface area contributed by atoms with Crippen molar-refractivity contribution in [3.05, 3.63) is 11.8 Å². The summed E-state index contributed by atoms with van der Waals surface area (Å²) in [6.07, 6.45) is 1.21. The van der Waals surface area contributed by atoms with E-state index in [-0.39, 0.29) is 17.3 Å². The maximum atomic E-state index is 10.8. The Morgan fingerprint density at radius 3 is 2.33 bits per heavy atom. The van der Waals surface area contributed by atoms with Crippen molar-refractivity contribution in [1.82, 2.24) is 9.78 Å². The van der Waals surface area contributed by atoms with Crippen LogP contribution in [0, 0.1) is 0 Å². The molecule has 0 bridgehead atoms. The van der Waals surface area contributed by atoms with Gasteiger partial charge in [-0.3, -0.25) is 9.59 Å². The van der Waals surface area contributed by atoms with E-state index < -0.39 is 5.88 Å². The van der Waals surface area contributed by atoms with Crippen LogP contribution in [-0.2, 0) is 0 Å². The molecule has 0 unspecified atom stereocenters. The van der Waals surface area contributed by atoms with Crippen LogP contribution in [0.4, 0.5) is 0 Å². The predicted octanol–water partition coefficient (Wildman–Crippen LogP) is 0.451. The predicted molar refractivity (Wildman–Crippen MR) is 40.2 cm³/mol. The number of hydrogen-bond acceptors (Lipinski definition) is 4. The Morgan fingerprint density at radius 2 is 2.08 bits per heavy atom. The van der Waals surface area contributed by atoms with Crippen LogP contribution in [0.5, 0.6) is 5.88 Å². The summed E-state index contributed by atoms with van der Waals surface area (Å²) in [5.74, 6) is -1.07. The average molecular weight is 168 g/mol. The molecule has 0 spiro atoms. The van der Waals surface area contributed by atoms with E-state index in [1.54, 1.807) is 0 Å². The molecule has 1 heterocycles. The largest absolute Gasteiger partial charge is 0.492 e. The normalized spacial score (nSPS) is 9.83. The van der Waals surface area contributed by atoms with E-state index in [9.17, 15) is 9.59 Å². The Balaban J connectivity index is 3.17. The van der Waals surface area contributed by atoms with E-state index in [4.69, 9.17) is 5.11 Å². The molecule has 5 heteroatoms. The van der Waals surface area contributed by atoms with Crippen molar-refractivity contribution < 1.29 is 14.7 Å². The summed E-state index contributed by atoms with van der Waals surface area (Å²) in [6.45, 7) is 2.58. The highest BCUT2D eigenvalue weighted by molar-refractivity contribution is 5.96. The Morgan fingerprint density at radius 1 is 1.50 bits per heavy atom. The first-order chi connectivity index (χ1) is 5.52. The molecule has 0 atom stereocenters. The lowest BCUT2D eigenvalue weighted by Gasteiger charge is -1.87. The molecule has 1 N–H and O–H groups in total. The second kappa shape index (κ2) is 2.77. The minimum atomic E-state index is -0.405. The lowest BCUT2D eigenvalue weighted by Crippen LogP contribution is -2.05. The maximum Gasteiger partial charge on any atom is 0.243 e. The van der Waals surface area contributed by atoms with Crippen molar-refractivity contribution in [2.75, 3.05) is 0 Å². The Labute approximate surface area is 68.6 Å². The lowest BCUT2D eigenvalue weighted by molar-refractivity contribution is 0.0919. The van der Waals surface area contributed by atoms with Gasteiger partial charge in [0.25, 0.3) is 0 Å². The molecule has 0 saturated carbocycles. The van der Waals surface area contributed by atoms with Crippen LogP contribution in [-0.4, -0.2) is 26.6 Å². The summed E-state index contributed by atoms with van der Waals surface area (Å²) >= 11 is 0. The number of aromatic nitrogens is 2. The first-order valence-electron chi connectivity index (χ1n) is 3.33. The smallest absolute Gasteiger partial charge is 0.243 e. The Hall–Kier alpha value is -1.65. The number of Topliss-reactive ketones (excluding diaryl/α,β-unsaturated/α-hetero) is 1. The molecule has 5 nitrogen and oxygen atoms in total. The summed E-state index contributed by atoms with van der Waals surface area (Å²) in [5.41, 5.74) is 0.0604. The fourth-order valence-electron chi connectivity index (χ4n) is 0.774. The minimum Gasteiger partial charge on any atom is -0.492 e. The second-order valence-corrected chi connectivity index (χ2v) is 2.39. The highest BCUT2D eigenvalue weighted by Crippen LogP contribution is 2.13. The molecule has 0 saturated heterocycles. The first-order valence-corrected chi connectivity index (χ1v) is 3.33. The van der Waals surface area contributed by atoms with Crippen LogP contribution in [0.1, 0.15) is 29.0 Å². The van der Waals surface area contributed by atoms with Gasteiger partial charge in [0.05, 0.1) is 5.56 Å². The Kier molecular flexibility index (Phi) is 1.95. The highest BCUT2D eigenvalue weighted by atomic mass is 16.3. The number of carbonyl (C=O) groups excluding carboxylic acids is 2. The summed E-state index contributed by atoms with van der Waals surface area (Å²) in [6, 6.07) is 0. The molecule has 12 heavy (non-hydrogen) atoms.